The average Bonchev–Trinajstić information content (AvgIpc) is 3.12. The van der Waals surface area contributed by atoms with Crippen LogP contribution in [0.2, 0.25) is 0 Å². The predicted molar refractivity (Wildman–Crippen MR) is 73.1 cm³/mol. The Balaban J connectivity index is 2.28. The fourth-order valence-electron chi connectivity index (χ4n) is 1.61. The zero-order valence-electron chi connectivity index (χ0n) is 10.4. The molecule has 1 unspecified atom stereocenters. The van der Waals surface area contributed by atoms with Gasteiger partial charge >= 0.3 is 0 Å². The van der Waals surface area contributed by atoms with Gasteiger partial charge in [0.2, 0.25) is 10.0 Å². The molecule has 98 valence electrons. The Bertz CT molecular complexity index is 536. The van der Waals surface area contributed by atoms with Crippen molar-refractivity contribution >= 4 is 15.7 Å². The first kappa shape index (κ1) is 13.1. The summed E-state index contributed by atoms with van der Waals surface area (Å²) in [5.41, 5.74) is 0.609. The summed E-state index contributed by atoms with van der Waals surface area (Å²) < 4.78 is 27.1. The molecule has 0 heterocycles. The molecule has 0 aromatic heterocycles. The van der Waals surface area contributed by atoms with Crippen molar-refractivity contribution in [2.75, 3.05) is 5.32 Å². The Hall–Kier alpha value is -1.33. The van der Waals surface area contributed by atoms with Crippen LogP contribution in [0.15, 0.2) is 41.8 Å². The van der Waals surface area contributed by atoms with Crippen LogP contribution in [0.5, 0.6) is 0 Å². The molecule has 0 spiro atoms. The maximum absolute atomic E-state index is 12.2. The molecule has 1 aromatic carbocycles. The van der Waals surface area contributed by atoms with Crippen LogP contribution in [-0.4, -0.2) is 20.5 Å². The summed E-state index contributed by atoms with van der Waals surface area (Å²) in [6.45, 7) is 5.60. The van der Waals surface area contributed by atoms with Crippen LogP contribution in [0.1, 0.15) is 19.8 Å². The average molecular weight is 266 g/mol. The van der Waals surface area contributed by atoms with E-state index in [1.54, 1.807) is 24.3 Å². The van der Waals surface area contributed by atoms with Crippen LogP contribution in [-0.2, 0) is 10.0 Å². The van der Waals surface area contributed by atoms with E-state index in [-0.39, 0.29) is 12.1 Å². The molecule has 0 bridgehead atoms. The van der Waals surface area contributed by atoms with Gasteiger partial charge in [0.05, 0.1) is 5.69 Å². The second-order valence-electron chi connectivity index (χ2n) is 4.56. The van der Waals surface area contributed by atoms with Crippen molar-refractivity contribution in [3.63, 3.8) is 0 Å². The number of rotatable bonds is 6. The summed E-state index contributed by atoms with van der Waals surface area (Å²) in [4.78, 5) is 0.297. The van der Waals surface area contributed by atoms with E-state index in [0.717, 1.165) is 12.8 Å². The lowest BCUT2D eigenvalue weighted by atomic mass is 10.2. The molecular weight excluding hydrogens is 248 g/mol. The highest BCUT2D eigenvalue weighted by atomic mass is 32.2. The Labute approximate surface area is 108 Å². The summed E-state index contributed by atoms with van der Waals surface area (Å²) in [5.74, 6) is 0. The summed E-state index contributed by atoms with van der Waals surface area (Å²) >= 11 is 0. The lowest BCUT2D eigenvalue weighted by molar-refractivity contribution is 0.581. The minimum absolute atomic E-state index is 0.0160. The van der Waals surface area contributed by atoms with Gasteiger partial charge in [-0.05, 0) is 31.9 Å². The molecule has 2 N–H and O–H groups in total. The van der Waals surface area contributed by atoms with E-state index in [2.05, 4.69) is 16.6 Å². The Morgan fingerprint density at radius 2 is 2.06 bits per heavy atom. The van der Waals surface area contributed by atoms with E-state index < -0.39 is 10.0 Å². The number of benzene rings is 1. The topological polar surface area (TPSA) is 58.2 Å². The summed E-state index contributed by atoms with van der Waals surface area (Å²) in [6, 6.07) is 7.05. The van der Waals surface area contributed by atoms with Crippen LogP contribution in [0.25, 0.3) is 0 Å². The van der Waals surface area contributed by atoms with Crippen molar-refractivity contribution in [2.24, 2.45) is 0 Å². The van der Waals surface area contributed by atoms with Gasteiger partial charge < -0.3 is 5.32 Å². The molecule has 1 aliphatic rings. The predicted octanol–water partition coefficient (Wildman–Crippen LogP) is 2.11. The maximum atomic E-state index is 12.2. The highest BCUT2D eigenvalue weighted by molar-refractivity contribution is 7.89. The first-order valence-electron chi connectivity index (χ1n) is 6.03. The lowest BCUT2D eigenvalue weighted by Crippen LogP contribution is -2.27. The largest absolute Gasteiger partial charge is 0.378 e. The zero-order valence-corrected chi connectivity index (χ0v) is 11.2. The number of nitrogens with one attached hydrogen (secondary N) is 2. The van der Waals surface area contributed by atoms with Gasteiger partial charge in [-0.3, -0.25) is 0 Å². The van der Waals surface area contributed by atoms with Crippen molar-refractivity contribution in [1.82, 2.24) is 4.72 Å². The van der Waals surface area contributed by atoms with E-state index in [9.17, 15) is 8.42 Å². The van der Waals surface area contributed by atoms with Crippen molar-refractivity contribution in [1.29, 1.82) is 0 Å². The van der Waals surface area contributed by atoms with Gasteiger partial charge in [-0.25, -0.2) is 13.1 Å². The zero-order chi connectivity index (χ0) is 13.2. The van der Waals surface area contributed by atoms with Crippen molar-refractivity contribution in [3.8, 4) is 0 Å². The molecule has 1 saturated carbocycles. The fourth-order valence-corrected chi connectivity index (χ4v) is 3.08. The third-order valence-electron chi connectivity index (χ3n) is 2.81. The normalized spacial score (nSPS) is 17.2. The maximum Gasteiger partial charge on any atom is 0.242 e. The van der Waals surface area contributed by atoms with Gasteiger partial charge in [0.15, 0.2) is 0 Å². The van der Waals surface area contributed by atoms with Crippen LogP contribution in [0.3, 0.4) is 0 Å². The summed E-state index contributed by atoms with van der Waals surface area (Å²) in [7, 11) is -3.43. The van der Waals surface area contributed by atoms with E-state index >= 15 is 0 Å². The molecule has 18 heavy (non-hydrogen) atoms. The molecule has 0 saturated heterocycles. The van der Waals surface area contributed by atoms with Crippen molar-refractivity contribution in [3.05, 3.63) is 36.9 Å². The molecule has 1 atom stereocenters. The first-order valence-corrected chi connectivity index (χ1v) is 7.51. The van der Waals surface area contributed by atoms with Gasteiger partial charge in [0.1, 0.15) is 4.90 Å². The van der Waals surface area contributed by atoms with Crippen LogP contribution in [0.4, 0.5) is 5.69 Å². The third-order valence-corrected chi connectivity index (χ3v) is 4.39. The van der Waals surface area contributed by atoms with Crippen molar-refractivity contribution in [2.45, 2.75) is 36.7 Å². The lowest BCUT2D eigenvalue weighted by Gasteiger charge is -2.15. The van der Waals surface area contributed by atoms with Gasteiger partial charge in [-0.1, -0.05) is 18.2 Å². The third kappa shape index (κ3) is 3.11. The molecule has 4 nitrogen and oxygen atoms in total. The quantitative estimate of drug-likeness (QED) is 0.775. The minimum atomic E-state index is -3.43. The molecular formula is C13H18N2O2S. The highest BCUT2D eigenvalue weighted by Crippen LogP contribution is 2.26. The second kappa shape index (κ2) is 5.12. The smallest absolute Gasteiger partial charge is 0.242 e. The van der Waals surface area contributed by atoms with Gasteiger partial charge in [-0.2, -0.15) is 0 Å². The van der Waals surface area contributed by atoms with Gasteiger partial charge in [-0.15, -0.1) is 6.58 Å². The minimum Gasteiger partial charge on any atom is -0.378 e. The monoisotopic (exact) mass is 266 g/mol. The van der Waals surface area contributed by atoms with E-state index in [1.165, 1.54) is 0 Å². The number of para-hydroxylation sites is 1. The van der Waals surface area contributed by atoms with Crippen molar-refractivity contribution < 1.29 is 8.42 Å². The molecule has 0 radical (unpaired) electrons. The summed E-state index contributed by atoms with van der Waals surface area (Å²) in [5, 5.41) is 3.12. The second-order valence-corrected chi connectivity index (χ2v) is 6.24. The van der Waals surface area contributed by atoms with E-state index in [4.69, 9.17) is 0 Å². The molecule has 1 aromatic rings. The Morgan fingerprint density at radius 3 is 2.67 bits per heavy atom. The van der Waals surface area contributed by atoms with Crippen LogP contribution < -0.4 is 10.0 Å². The number of hydrogen-bond acceptors (Lipinski definition) is 3. The fraction of sp³-hybridized carbons (Fsp3) is 0.385. The Morgan fingerprint density at radius 1 is 1.39 bits per heavy atom. The number of anilines is 1. The van der Waals surface area contributed by atoms with Gasteiger partial charge in [0, 0.05) is 12.1 Å². The number of sulfonamides is 1. The standard InChI is InChI=1S/C13H18N2O2S/c1-3-10(2)14-12-6-4-5-7-13(12)18(16,17)15-11-8-9-11/h3-7,10-11,14-15H,1,8-9H2,2H3. The Kier molecular flexibility index (Phi) is 3.73. The highest BCUT2D eigenvalue weighted by Gasteiger charge is 2.29. The molecule has 1 fully saturated rings. The van der Waals surface area contributed by atoms with Crippen LogP contribution >= 0.6 is 0 Å². The molecule has 1 aliphatic carbocycles. The first-order chi connectivity index (χ1) is 8.53. The SMILES string of the molecule is C=CC(C)Nc1ccccc1S(=O)(=O)NC1CC1. The van der Waals surface area contributed by atoms with E-state index in [1.807, 2.05) is 13.0 Å². The molecule has 5 heteroatoms. The molecule has 2 rings (SSSR count). The summed E-state index contributed by atoms with van der Waals surface area (Å²) in [6.07, 6.45) is 3.59. The molecule has 0 amide bonds. The van der Waals surface area contributed by atoms with Crippen LogP contribution in [0, 0.1) is 0 Å². The molecule has 0 aliphatic heterocycles. The number of hydrogen-bond donors (Lipinski definition) is 2. The van der Waals surface area contributed by atoms with Gasteiger partial charge in [0.25, 0.3) is 0 Å². The van der Waals surface area contributed by atoms with E-state index in [0.29, 0.717) is 10.6 Å².